The van der Waals surface area contributed by atoms with Gasteiger partial charge in [0.25, 0.3) is 0 Å². The second kappa shape index (κ2) is 9.16. The van der Waals surface area contributed by atoms with E-state index in [2.05, 4.69) is 22.9 Å². The standard InChI is InChI=1S/C12H23N3O2.ClH/c1-3-4-11(16)14-8-12(17)15-10-5-6-13-9(2)7-10;/h9-10,13H,3-8H2,1-2H3,(H,14,16)(H,15,17);1H. The molecule has 1 heterocycles. The molecule has 0 radical (unpaired) electrons. The fourth-order valence-electron chi connectivity index (χ4n) is 2.04. The molecule has 2 atom stereocenters. The fourth-order valence-corrected chi connectivity index (χ4v) is 2.04. The Labute approximate surface area is 115 Å². The van der Waals surface area contributed by atoms with Gasteiger partial charge in [-0.05, 0) is 32.7 Å². The molecule has 0 saturated carbocycles. The average molecular weight is 278 g/mol. The number of hydrogen-bond donors (Lipinski definition) is 3. The Kier molecular flexibility index (Phi) is 8.75. The smallest absolute Gasteiger partial charge is 0.239 e. The molecule has 2 amide bonds. The molecule has 106 valence electrons. The molecule has 1 aliphatic rings. The summed E-state index contributed by atoms with van der Waals surface area (Å²) in [5, 5.41) is 8.90. The van der Waals surface area contributed by atoms with Gasteiger partial charge in [0.1, 0.15) is 0 Å². The first kappa shape index (κ1) is 17.2. The van der Waals surface area contributed by atoms with Gasteiger partial charge >= 0.3 is 0 Å². The molecule has 0 aromatic carbocycles. The van der Waals surface area contributed by atoms with Crippen LogP contribution in [0, 0.1) is 0 Å². The van der Waals surface area contributed by atoms with E-state index >= 15 is 0 Å². The van der Waals surface area contributed by atoms with Gasteiger partial charge in [0, 0.05) is 18.5 Å². The number of halogens is 1. The third-order valence-electron chi connectivity index (χ3n) is 2.91. The fraction of sp³-hybridized carbons (Fsp3) is 0.833. The largest absolute Gasteiger partial charge is 0.352 e. The average Bonchev–Trinajstić information content (AvgIpc) is 2.27. The molecular weight excluding hydrogens is 254 g/mol. The Balaban J connectivity index is 0.00000289. The number of nitrogens with one attached hydrogen (secondary N) is 3. The van der Waals surface area contributed by atoms with Gasteiger partial charge in [-0.1, -0.05) is 6.92 Å². The number of carbonyl (C=O) groups excluding carboxylic acids is 2. The van der Waals surface area contributed by atoms with E-state index in [0.717, 1.165) is 25.8 Å². The zero-order valence-corrected chi connectivity index (χ0v) is 11.9. The maximum atomic E-state index is 11.6. The molecule has 1 saturated heterocycles. The van der Waals surface area contributed by atoms with E-state index < -0.39 is 0 Å². The van der Waals surface area contributed by atoms with E-state index in [4.69, 9.17) is 0 Å². The van der Waals surface area contributed by atoms with Crippen LogP contribution >= 0.6 is 12.4 Å². The van der Waals surface area contributed by atoms with Gasteiger partial charge in [-0.3, -0.25) is 9.59 Å². The maximum absolute atomic E-state index is 11.6. The molecule has 6 heteroatoms. The lowest BCUT2D eigenvalue weighted by molar-refractivity contribution is -0.126. The van der Waals surface area contributed by atoms with Crippen molar-refractivity contribution in [1.82, 2.24) is 16.0 Å². The normalized spacial score (nSPS) is 22.8. The number of amides is 2. The summed E-state index contributed by atoms with van der Waals surface area (Å²) >= 11 is 0. The minimum atomic E-state index is -0.0893. The maximum Gasteiger partial charge on any atom is 0.239 e. The van der Waals surface area contributed by atoms with Crippen LogP contribution in [0.4, 0.5) is 0 Å². The van der Waals surface area contributed by atoms with Crippen molar-refractivity contribution in [3.05, 3.63) is 0 Å². The Morgan fingerprint density at radius 3 is 2.67 bits per heavy atom. The van der Waals surface area contributed by atoms with E-state index in [1.54, 1.807) is 0 Å². The van der Waals surface area contributed by atoms with Gasteiger partial charge in [-0.25, -0.2) is 0 Å². The van der Waals surface area contributed by atoms with Crippen molar-refractivity contribution in [2.45, 2.75) is 51.6 Å². The zero-order chi connectivity index (χ0) is 12.7. The predicted molar refractivity (Wildman–Crippen MR) is 73.8 cm³/mol. The van der Waals surface area contributed by atoms with Gasteiger partial charge in [0.15, 0.2) is 0 Å². The molecule has 3 N–H and O–H groups in total. The summed E-state index contributed by atoms with van der Waals surface area (Å²) < 4.78 is 0. The van der Waals surface area contributed by atoms with Gasteiger partial charge in [0.05, 0.1) is 6.54 Å². The Hall–Kier alpha value is -0.810. The molecule has 5 nitrogen and oxygen atoms in total. The summed E-state index contributed by atoms with van der Waals surface area (Å²) in [6.45, 7) is 5.09. The van der Waals surface area contributed by atoms with E-state index in [-0.39, 0.29) is 36.8 Å². The van der Waals surface area contributed by atoms with Crippen LogP contribution in [0.1, 0.15) is 39.5 Å². The summed E-state index contributed by atoms with van der Waals surface area (Å²) in [7, 11) is 0. The Morgan fingerprint density at radius 2 is 2.06 bits per heavy atom. The van der Waals surface area contributed by atoms with Crippen LogP contribution in [-0.4, -0.2) is 37.0 Å². The Bertz CT molecular complexity index is 274. The monoisotopic (exact) mass is 277 g/mol. The van der Waals surface area contributed by atoms with Crippen LogP contribution < -0.4 is 16.0 Å². The van der Waals surface area contributed by atoms with Gasteiger partial charge < -0.3 is 16.0 Å². The van der Waals surface area contributed by atoms with Crippen molar-refractivity contribution in [2.24, 2.45) is 0 Å². The van der Waals surface area contributed by atoms with E-state index in [9.17, 15) is 9.59 Å². The molecular formula is C12H24ClN3O2. The summed E-state index contributed by atoms with van der Waals surface area (Å²) in [4.78, 5) is 22.8. The van der Waals surface area contributed by atoms with Crippen molar-refractivity contribution >= 4 is 24.2 Å². The first-order valence-electron chi connectivity index (χ1n) is 6.41. The molecule has 0 aromatic rings. The summed E-state index contributed by atoms with van der Waals surface area (Å²) in [5.41, 5.74) is 0. The highest BCUT2D eigenvalue weighted by atomic mass is 35.5. The summed E-state index contributed by atoms with van der Waals surface area (Å²) in [6.07, 6.45) is 3.20. The first-order valence-corrected chi connectivity index (χ1v) is 6.41. The van der Waals surface area contributed by atoms with Crippen molar-refractivity contribution in [3.63, 3.8) is 0 Å². The minimum Gasteiger partial charge on any atom is -0.352 e. The number of carbonyl (C=O) groups is 2. The number of piperidine rings is 1. The van der Waals surface area contributed by atoms with Crippen molar-refractivity contribution < 1.29 is 9.59 Å². The second-order valence-corrected chi connectivity index (χ2v) is 4.67. The van der Waals surface area contributed by atoms with E-state index in [1.807, 2.05) is 6.92 Å². The van der Waals surface area contributed by atoms with Crippen LogP contribution in [0.5, 0.6) is 0 Å². The molecule has 0 aliphatic carbocycles. The lowest BCUT2D eigenvalue weighted by Crippen LogP contribution is -2.48. The molecule has 18 heavy (non-hydrogen) atoms. The first-order chi connectivity index (χ1) is 8.11. The SMILES string of the molecule is CCCC(=O)NCC(=O)NC1CCNC(C)C1.Cl. The quantitative estimate of drug-likeness (QED) is 0.689. The van der Waals surface area contributed by atoms with Gasteiger partial charge in [0.2, 0.25) is 11.8 Å². The van der Waals surface area contributed by atoms with Crippen LogP contribution in [0.2, 0.25) is 0 Å². The third kappa shape index (κ3) is 6.81. The molecule has 0 bridgehead atoms. The van der Waals surface area contributed by atoms with Crippen molar-refractivity contribution in [2.75, 3.05) is 13.1 Å². The number of rotatable bonds is 5. The molecule has 0 aromatic heterocycles. The van der Waals surface area contributed by atoms with Crippen LogP contribution in [0.15, 0.2) is 0 Å². The lowest BCUT2D eigenvalue weighted by Gasteiger charge is -2.28. The molecule has 2 unspecified atom stereocenters. The summed E-state index contributed by atoms with van der Waals surface area (Å²) in [5.74, 6) is -0.144. The van der Waals surface area contributed by atoms with Crippen molar-refractivity contribution in [3.8, 4) is 0 Å². The molecule has 1 rings (SSSR count). The highest BCUT2D eigenvalue weighted by molar-refractivity contribution is 5.85. The second-order valence-electron chi connectivity index (χ2n) is 4.67. The number of hydrogen-bond acceptors (Lipinski definition) is 3. The Morgan fingerprint density at radius 1 is 1.33 bits per heavy atom. The minimum absolute atomic E-state index is 0. The van der Waals surface area contributed by atoms with E-state index in [1.165, 1.54) is 0 Å². The third-order valence-corrected chi connectivity index (χ3v) is 2.91. The van der Waals surface area contributed by atoms with Gasteiger partial charge in [-0.2, -0.15) is 0 Å². The predicted octanol–water partition coefficient (Wildman–Crippen LogP) is 0.581. The highest BCUT2D eigenvalue weighted by Gasteiger charge is 2.19. The topological polar surface area (TPSA) is 70.2 Å². The van der Waals surface area contributed by atoms with Crippen LogP contribution in [0.25, 0.3) is 0 Å². The molecule has 1 fully saturated rings. The van der Waals surface area contributed by atoms with Crippen LogP contribution in [0.3, 0.4) is 0 Å². The van der Waals surface area contributed by atoms with Gasteiger partial charge in [-0.15, -0.1) is 12.4 Å². The van der Waals surface area contributed by atoms with E-state index in [0.29, 0.717) is 12.5 Å². The zero-order valence-electron chi connectivity index (χ0n) is 11.1. The highest BCUT2D eigenvalue weighted by Crippen LogP contribution is 2.07. The molecule has 1 aliphatic heterocycles. The van der Waals surface area contributed by atoms with Crippen molar-refractivity contribution in [1.29, 1.82) is 0 Å². The lowest BCUT2D eigenvalue weighted by atomic mass is 10.0. The molecule has 0 spiro atoms. The summed E-state index contributed by atoms with van der Waals surface area (Å²) in [6, 6.07) is 0.686. The van der Waals surface area contributed by atoms with Crippen LogP contribution in [-0.2, 0) is 9.59 Å².